The number of rotatable bonds is 2. The average Bonchev–Trinajstić information content (AvgIpc) is 2.96. The predicted molar refractivity (Wildman–Crippen MR) is 92.0 cm³/mol. The fourth-order valence-electron chi connectivity index (χ4n) is 4.01. The van der Waals surface area contributed by atoms with Crippen molar-refractivity contribution in [1.29, 1.82) is 0 Å². The number of nitrogens with two attached hydrogens (primary N) is 1. The first-order valence-corrected chi connectivity index (χ1v) is 8.14. The number of para-hydroxylation sites is 1. The lowest BCUT2D eigenvalue weighted by Gasteiger charge is -2.39. The first-order chi connectivity index (χ1) is 10.7. The van der Waals surface area contributed by atoms with Crippen molar-refractivity contribution in [2.45, 2.75) is 37.6 Å². The number of nitrogens with one attached hydrogen (secondary N) is 1. The summed E-state index contributed by atoms with van der Waals surface area (Å²) in [4.78, 5) is 3.63. The van der Waals surface area contributed by atoms with Crippen molar-refractivity contribution in [2.24, 2.45) is 5.73 Å². The van der Waals surface area contributed by atoms with E-state index in [1.165, 1.54) is 27.7 Å². The van der Waals surface area contributed by atoms with Gasteiger partial charge in [-0.15, -0.1) is 0 Å². The van der Waals surface area contributed by atoms with Crippen molar-refractivity contribution in [3.63, 3.8) is 0 Å². The summed E-state index contributed by atoms with van der Waals surface area (Å²) < 4.78 is 0. The van der Waals surface area contributed by atoms with Crippen LogP contribution in [-0.4, -0.2) is 4.98 Å². The zero-order valence-electron chi connectivity index (χ0n) is 13.0. The van der Waals surface area contributed by atoms with Crippen LogP contribution in [0.3, 0.4) is 0 Å². The molecule has 3 N–H and O–H groups in total. The maximum atomic E-state index is 6.98. The van der Waals surface area contributed by atoms with Gasteiger partial charge in [0.2, 0.25) is 0 Å². The molecule has 1 aliphatic rings. The van der Waals surface area contributed by atoms with Crippen molar-refractivity contribution in [1.82, 2.24) is 4.98 Å². The summed E-state index contributed by atoms with van der Waals surface area (Å²) in [7, 11) is 0. The van der Waals surface area contributed by atoms with Gasteiger partial charge in [0.1, 0.15) is 0 Å². The highest BCUT2D eigenvalue weighted by molar-refractivity contribution is 5.85. The first kappa shape index (κ1) is 13.6. The molecule has 1 aromatic heterocycles. The monoisotopic (exact) mass is 290 g/mol. The second-order valence-corrected chi connectivity index (χ2v) is 6.55. The lowest BCUT2D eigenvalue weighted by molar-refractivity contribution is 0.310. The van der Waals surface area contributed by atoms with E-state index < -0.39 is 0 Å². The smallest absolute Gasteiger partial charge is 0.0631 e. The van der Waals surface area contributed by atoms with E-state index in [1.807, 2.05) is 0 Å². The number of fused-ring (bicyclic) bond motifs is 3. The largest absolute Gasteiger partial charge is 0.357 e. The Morgan fingerprint density at radius 2 is 1.77 bits per heavy atom. The average molecular weight is 290 g/mol. The summed E-state index contributed by atoms with van der Waals surface area (Å²) >= 11 is 0. The molecule has 1 heterocycles. The quantitative estimate of drug-likeness (QED) is 0.718. The molecule has 2 heteroatoms. The van der Waals surface area contributed by atoms with Crippen LogP contribution in [0.2, 0.25) is 0 Å². The van der Waals surface area contributed by atoms with Crippen molar-refractivity contribution < 1.29 is 0 Å². The molecule has 0 radical (unpaired) electrons. The number of benzene rings is 2. The molecule has 0 aliphatic heterocycles. The molecule has 0 fully saturated rings. The van der Waals surface area contributed by atoms with Gasteiger partial charge >= 0.3 is 0 Å². The summed E-state index contributed by atoms with van der Waals surface area (Å²) in [6.45, 7) is 2.26. The molecule has 1 aliphatic carbocycles. The van der Waals surface area contributed by atoms with E-state index in [0.29, 0.717) is 5.92 Å². The predicted octanol–water partition coefficient (Wildman–Crippen LogP) is 4.46. The van der Waals surface area contributed by atoms with E-state index in [0.717, 1.165) is 19.3 Å². The zero-order valence-corrected chi connectivity index (χ0v) is 13.0. The van der Waals surface area contributed by atoms with E-state index in [2.05, 4.69) is 66.5 Å². The van der Waals surface area contributed by atoms with Crippen LogP contribution in [0.15, 0.2) is 54.6 Å². The minimum Gasteiger partial charge on any atom is -0.357 e. The number of aromatic nitrogens is 1. The molecular formula is C20H22N2. The summed E-state index contributed by atoms with van der Waals surface area (Å²) in [5.41, 5.74) is 11.9. The summed E-state index contributed by atoms with van der Waals surface area (Å²) in [6.07, 6.45) is 3.31. The lowest BCUT2D eigenvalue weighted by atomic mass is 9.71. The topological polar surface area (TPSA) is 41.8 Å². The molecule has 0 spiro atoms. The Balaban J connectivity index is 1.87. The SMILES string of the molecule is C[C@H](c1ccccc1)C1(N)CCCc2c1[nH]c1ccccc21. The van der Waals surface area contributed by atoms with Crippen molar-refractivity contribution in [2.75, 3.05) is 0 Å². The molecule has 0 saturated heterocycles. The van der Waals surface area contributed by atoms with Gasteiger partial charge < -0.3 is 10.7 Å². The van der Waals surface area contributed by atoms with E-state index >= 15 is 0 Å². The standard InChI is InChI=1S/C20H22N2/c1-14(15-8-3-2-4-9-15)20(21)13-7-11-17-16-10-5-6-12-18(16)22-19(17)20/h2-6,8-10,12,14,22H,7,11,13,21H2,1H3/t14-,20?/m1/s1. The molecule has 112 valence electrons. The Hall–Kier alpha value is -2.06. The number of aromatic amines is 1. The van der Waals surface area contributed by atoms with Crippen LogP contribution in [0.1, 0.15) is 42.5 Å². The molecule has 22 heavy (non-hydrogen) atoms. The number of hydrogen-bond donors (Lipinski definition) is 2. The van der Waals surface area contributed by atoms with Crippen LogP contribution in [0, 0.1) is 0 Å². The van der Waals surface area contributed by atoms with E-state index in [-0.39, 0.29) is 5.54 Å². The number of hydrogen-bond acceptors (Lipinski definition) is 1. The van der Waals surface area contributed by atoms with Gasteiger partial charge in [-0.25, -0.2) is 0 Å². The molecule has 0 saturated carbocycles. The summed E-state index contributed by atoms with van der Waals surface area (Å²) in [6, 6.07) is 19.2. The number of H-pyrrole nitrogens is 1. The summed E-state index contributed by atoms with van der Waals surface area (Å²) in [5, 5.41) is 1.34. The molecule has 1 unspecified atom stereocenters. The molecular weight excluding hydrogens is 268 g/mol. The van der Waals surface area contributed by atoms with E-state index in [4.69, 9.17) is 5.73 Å². The van der Waals surface area contributed by atoms with Crippen LogP contribution < -0.4 is 5.73 Å². The number of aryl methyl sites for hydroxylation is 1. The van der Waals surface area contributed by atoms with Gasteiger partial charge in [0, 0.05) is 22.5 Å². The normalized spacial score (nSPS) is 22.5. The van der Waals surface area contributed by atoms with Gasteiger partial charge in [0.25, 0.3) is 0 Å². The summed E-state index contributed by atoms with van der Waals surface area (Å²) in [5.74, 6) is 0.292. The van der Waals surface area contributed by atoms with Gasteiger partial charge in [-0.3, -0.25) is 0 Å². The van der Waals surface area contributed by atoms with Gasteiger partial charge in [0.15, 0.2) is 0 Å². The molecule has 2 aromatic carbocycles. The Bertz CT molecular complexity index is 803. The maximum absolute atomic E-state index is 6.98. The second kappa shape index (κ2) is 4.99. The minimum atomic E-state index is -0.312. The van der Waals surface area contributed by atoms with Crippen LogP contribution in [0.5, 0.6) is 0 Å². The zero-order chi connectivity index (χ0) is 15.2. The van der Waals surface area contributed by atoms with Crippen molar-refractivity contribution in [3.05, 3.63) is 71.4 Å². The Labute approximate surface area is 131 Å². The third kappa shape index (κ3) is 1.91. The second-order valence-electron chi connectivity index (χ2n) is 6.55. The van der Waals surface area contributed by atoms with Gasteiger partial charge in [-0.1, -0.05) is 55.5 Å². The minimum absolute atomic E-state index is 0.292. The highest BCUT2D eigenvalue weighted by Gasteiger charge is 2.40. The fourth-order valence-corrected chi connectivity index (χ4v) is 4.01. The fraction of sp³-hybridized carbons (Fsp3) is 0.300. The highest BCUT2D eigenvalue weighted by Crippen LogP contribution is 2.44. The van der Waals surface area contributed by atoms with Gasteiger partial charge in [0.05, 0.1) is 5.54 Å². The lowest BCUT2D eigenvalue weighted by Crippen LogP contribution is -2.44. The van der Waals surface area contributed by atoms with Crippen LogP contribution >= 0.6 is 0 Å². The third-order valence-corrected chi connectivity index (χ3v) is 5.37. The third-order valence-electron chi connectivity index (χ3n) is 5.37. The van der Waals surface area contributed by atoms with Gasteiger partial charge in [-0.2, -0.15) is 0 Å². The van der Waals surface area contributed by atoms with Crippen LogP contribution in [0.4, 0.5) is 0 Å². The van der Waals surface area contributed by atoms with E-state index in [1.54, 1.807) is 0 Å². The molecule has 3 aromatic rings. The first-order valence-electron chi connectivity index (χ1n) is 8.14. The van der Waals surface area contributed by atoms with Crippen molar-refractivity contribution >= 4 is 10.9 Å². The molecule has 2 atom stereocenters. The molecule has 0 amide bonds. The van der Waals surface area contributed by atoms with Crippen LogP contribution in [0.25, 0.3) is 10.9 Å². The Kier molecular flexibility index (Phi) is 3.08. The Morgan fingerprint density at radius 1 is 1.05 bits per heavy atom. The maximum Gasteiger partial charge on any atom is 0.0631 e. The van der Waals surface area contributed by atoms with Crippen LogP contribution in [-0.2, 0) is 12.0 Å². The van der Waals surface area contributed by atoms with Crippen molar-refractivity contribution in [3.8, 4) is 0 Å². The molecule has 4 rings (SSSR count). The highest BCUT2D eigenvalue weighted by atomic mass is 14.9. The molecule has 2 nitrogen and oxygen atoms in total. The molecule has 0 bridgehead atoms. The van der Waals surface area contributed by atoms with Gasteiger partial charge in [-0.05, 0) is 36.5 Å². The van der Waals surface area contributed by atoms with E-state index in [9.17, 15) is 0 Å². The Morgan fingerprint density at radius 3 is 2.59 bits per heavy atom.